The van der Waals surface area contributed by atoms with E-state index in [-0.39, 0.29) is 5.75 Å². The number of benzene rings is 3. The molecule has 1 nitrogen and oxygen atoms in total. The second-order valence-corrected chi connectivity index (χ2v) is 8.25. The van der Waals surface area contributed by atoms with Gasteiger partial charge in [0.25, 0.3) is 0 Å². The maximum atomic E-state index is 10.4. The highest BCUT2D eigenvalue weighted by Gasteiger charge is 2.21. The second kappa shape index (κ2) is 7.35. The number of fused-ring (bicyclic) bond motifs is 1. The van der Waals surface area contributed by atoms with Crippen molar-refractivity contribution >= 4 is 50.1 Å². The van der Waals surface area contributed by atoms with Crippen molar-refractivity contribution in [3.05, 3.63) is 82.5 Å². The Morgan fingerprint density at radius 2 is 1.48 bits per heavy atom. The average molecular weight is 466 g/mol. The van der Waals surface area contributed by atoms with E-state index in [0.29, 0.717) is 0 Å². The lowest BCUT2D eigenvalue weighted by atomic mass is 9.83. The minimum atomic E-state index is 0.257. The largest absolute Gasteiger partial charge is 0.508 e. The van der Waals surface area contributed by atoms with Gasteiger partial charge in [-0.15, -0.1) is 0 Å². The normalized spacial score (nSPS) is 10.8. The predicted molar refractivity (Wildman–Crippen MR) is 128 cm³/mol. The van der Waals surface area contributed by atoms with Gasteiger partial charge in [-0.05, 0) is 106 Å². The second-order valence-electron chi connectivity index (χ2n) is 7.09. The van der Waals surface area contributed by atoms with Crippen molar-refractivity contribution in [3.63, 3.8) is 0 Å². The molecule has 0 unspecified atom stereocenters. The van der Waals surface area contributed by atoms with Gasteiger partial charge in [0.1, 0.15) is 5.75 Å². The van der Waals surface area contributed by atoms with Crippen molar-refractivity contribution < 1.29 is 5.11 Å². The zero-order valence-corrected chi connectivity index (χ0v) is 18.1. The number of allylic oxidation sites excluding steroid dienone is 3. The fourth-order valence-corrected chi connectivity index (χ4v) is 4.49. The summed E-state index contributed by atoms with van der Waals surface area (Å²) in [5.41, 5.74) is 8.28. The van der Waals surface area contributed by atoms with Crippen LogP contribution in [0.3, 0.4) is 0 Å². The molecule has 0 fully saturated rings. The lowest BCUT2D eigenvalue weighted by Crippen LogP contribution is -2.02. The maximum Gasteiger partial charge on any atom is 0.116 e. The topological polar surface area (TPSA) is 20.2 Å². The van der Waals surface area contributed by atoms with E-state index in [1.54, 1.807) is 6.07 Å². The highest BCUT2D eigenvalue weighted by molar-refractivity contribution is 14.1. The molecule has 3 aromatic rings. The van der Waals surface area contributed by atoms with Crippen LogP contribution >= 0.6 is 22.6 Å². The van der Waals surface area contributed by atoms with Crippen LogP contribution in [0.15, 0.2) is 62.2 Å². The molecule has 0 heterocycles. The molecular formula is C25H23IO. The molecule has 0 radical (unpaired) electrons. The number of phenolic OH excluding ortho intramolecular Hbond substituents is 1. The van der Waals surface area contributed by atoms with Gasteiger partial charge in [-0.3, -0.25) is 0 Å². The summed E-state index contributed by atoms with van der Waals surface area (Å²) in [6.07, 6.45) is 0. The molecule has 1 N–H and O–H groups in total. The van der Waals surface area contributed by atoms with E-state index in [1.807, 2.05) is 45.0 Å². The summed E-state index contributed by atoms with van der Waals surface area (Å²) in [7, 11) is 0. The van der Waals surface area contributed by atoms with Crippen molar-refractivity contribution in [1.82, 2.24) is 0 Å². The molecule has 27 heavy (non-hydrogen) atoms. The average Bonchev–Trinajstić information content (AvgIpc) is 2.59. The standard InChI is InChI=1S/C25H23IO/c1-14(2)20-13-22(26)25(24(16(5)6)23(20)15(3)4)21-12-18(27)11-17-9-7-8-10-19(17)21/h7-13,27H,1,3,5H2,2,4,6H3. The number of hydrogen-bond acceptors (Lipinski definition) is 1. The molecule has 3 aromatic carbocycles. The summed E-state index contributed by atoms with van der Waals surface area (Å²) in [6, 6.07) is 13.9. The molecule has 0 spiro atoms. The van der Waals surface area contributed by atoms with Gasteiger partial charge >= 0.3 is 0 Å². The first-order valence-electron chi connectivity index (χ1n) is 8.78. The minimum Gasteiger partial charge on any atom is -0.508 e. The van der Waals surface area contributed by atoms with Crippen molar-refractivity contribution in [2.75, 3.05) is 0 Å². The molecular weight excluding hydrogens is 443 g/mol. The van der Waals surface area contributed by atoms with Crippen LogP contribution < -0.4 is 0 Å². The molecule has 3 rings (SSSR count). The third-order valence-corrected chi connectivity index (χ3v) is 5.56. The van der Waals surface area contributed by atoms with Crippen molar-refractivity contribution in [1.29, 1.82) is 0 Å². The van der Waals surface area contributed by atoms with Crippen LogP contribution in [-0.2, 0) is 0 Å². The van der Waals surface area contributed by atoms with Gasteiger partial charge in [-0.2, -0.15) is 0 Å². The summed E-state index contributed by atoms with van der Waals surface area (Å²) in [5.74, 6) is 0.257. The number of hydrogen-bond donors (Lipinski definition) is 1. The Balaban J connectivity index is 2.56. The lowest BCUT2D eigenvalue weighted by molar-refractivity contribution is 0.476. The molecule has 0 atom stereocenters. The summed E-state index contributed by atoms with van der Waals surface area (Å²) in [4.78, 5) is 0. The third-order valence-electron chi connectivity index (χ3n) is 4.71. The Morgan fingerprint density at radius 3 is 2.07 bits per heavy atom. The van der Waals surface area contributed by atoms with Crippen LogP contribution in [0.1, 0.15) is 37.5 Å². The summed E-state index contributed by atoms with van der Waals surface area (Å²) in [6.45, 7) is 18.7. The third kappa shape index (κ3) is 3.46. The lowest BCUT2D eigenvalue weighted by Gasteiger charge is -2.22. The van der Waals surface area contributed by atoms with E-state index in [1.165, 1.54) is 0 Å². The Hall–Kier alpha value is -2.33. The first-order valence-corrected chi connectivity index (χ1v) is 9.86. The zero-order chi connectivity index (χ0) is 19.9. The van der Waals surface area contributed by atoms with Gasteiger partial charge in [0.15, 0.2) is 0 Å². The molecule has 0 amide bonds. The van der Waals surface area contributed by atoms with Gasteiger partial charge in [-0.25, -0.2) is 0 Å². The number of halogens is 1. The smallest absolute Gasteiger partial charge is 0.116 e. The van der Waals surface area contributed by atoms with E-state index in [9.17, 15) is 5.11 Å². The Labute approximate surface area is 174 Å². The fourth-order valence-electron chi connectivity index (χ4n) is 3.62. The fraction of sp³-hybridized carbons (Fsp3) is 0.120. The number of rotatable bonds is 4. The van der Waals surface area contributed by atoms with Gasteiger partial charge in [0.2, 0.25) is 0 Å². The summed E-state index contributed by atoms with van der Waals surface area (Å²) >= 11 is 2.37. The van der Waals surface area contributed by atoms with E-state index in [0.717, 1.165) is 58.9 Å². The highest BCUT2D eigenvalue weighted by atomic mass is 127. The van der Waals surface area contributed by atoms with Crippen LogP contribution in [0, 0.1) is 3.57 Å². The van der Waals surface area contributed by atoms with Crippen LogP contribution in [0.25, 0.3) is 38.6 Å². The van der Waals surface area contributed by atoms with Crippen molar-refractivity contribution in [3.8, 4) is 16.9 Å². The Morgan fingerprint density at radius 1 is 0.852 bits per heavy atom. The van der Waals surface area contributed by atoms with E-state index in [4.69, 9.17) is 0 Å². The molecule has 0 saturated carbocycles. The number of aromatic hydroxyl groups is 1. The molecule has 0 aromatic heterocycles. The van der Waals surface area contributed by atoms with Gasteiger partial charge < -0.3 is 5.11 Å². The maximum absolute atomic E-state index is 10.4. The van der Waals surface area contributed by atoms with Gasteiger partial charge in [-0.1, -0.05) is 49.6 Å². The molecule has 0 bridgehead atoms. The first-order chi connectivity index (χ1) is 12.7. The van der Waals surface area contributed by atoms with Crippen LogP contribution in [0.5, 0.6) is 5.75 Å². The van der Waals surface area contributed by atoms with Crippen LogP contribution in [0.2, 0.25) is 0 Å². The monoisotopic (exact) mass is 466 g/mol. The predicted octanol–water partition coefficient (Wildman–Crippen LogP) is 7.92. The first kappa shape index (κ1) is 19.4. The highest BCUT2D eigenvalue weighted by Crippen LogP contribution is 2.44. The SMILES string of the molecule is C=C(C)c1cc(I)c(-c2cc(O)cc3ccccc23)c(C(=C)C)c1C(=C)C. The van der Waals surface area contributed by atoms with E-state index in [2.05, 4.69) is 54.5 Å². The quantitative estimate of drug-likeness (QED) is 0.388. The summed E-state index contributed by atoms with van der Waals surface area (Å²) < 4.78 is 1.10. The molecule has 0 aliphatic carbocycles. The summed E-state index contributed by atoms with van der Waals surface area (Å²) in [5, 5.41) is 12.5. The molecule has 0 aliphatic rings. The van der Waals surface area contributed by atoms with Crippen molar-refractivity contribution in [2.24, 2.45) is 0 Å². The van der Waals surface area contributed by atoms with Crippen LogP contribution in [-0.4, -0.2) is 5.11 Å². The molecule has 0 saturated heterocycles. The number of phenols is 1. The van der Waals surface area contributed by atoms with Crippen LogP contribution in [0.4, 0.5) is 0 Å². The molecule has 2 heteroatoms. The zero-order valence-electron chi connectivity index (χ0n) is 16.0. The van der Waals surface area contributed by atoms with Gasteiger partial charge in [0, 0.05) is 9.13 Å². The van der Waals surface area contributed by atoms with E-state index < -0.39 is 0 Å². The molecule has 136 valence electrons. The Kier molecular flexibility index (Phi) is 5.29. The van der Waals surface area contributed by atoms with Gasteiger partial charge in [0.05, 0.1) is 0 Å². The minimum absolute atomic E-state index is 0.257. The molecule has 0 aliphatic heterocycles. The van der Waals surface area contributed by atoms with E-state index >= 15 is 0 Å². The van der Waals surface area contributed by atoms with Crippen molar-refractivity contribution in [2.45, 2.75) is 20.8 Å². The Bertz CT molecular complexity index is 1120.